The first-order valence-electron chi connectivity index (χ1n) is 6.37. The summed E-state index contributed by atoms with van der Waals surface area (Å²) >= 11 is 0. The number of aryl methyl sites for hydroxylation is 1. The summed E-state index contributed by atoms with van der Waals surface area (Å²) in [5.74, 6) is -1.48. The summed E-state index contributed by atoms with van der Waals surface area (Å²) in [5.41, 5.74) is 1.85. The number of phenolic OH excluding ortho intramolecular Hbond substituents is 1. The Balaban J connectivity index is 2.35. The number of hydrogen-bond donors (Lipinski definition) is 2. The summed E-state index contributed by atoms with van der Waals surface area (Å²) < 4.78 is 0. The van der Waals surface area contributed by atoms with Gasteiger partial charge in [0.25, 0.3) is 5.91 Å². The lowest BCUT2D eigenvalue weighted by molar-refractivity contribution is -0.135. The number of carboxylic acids is 1. The van der Waals surface area contributed by atoms with Crippen molar-refractivity contribution in [2.24, 2.45) is 0 Å². The van der Waals surface area contributed by atoms with Crippen molar-refractivity contribution < 1.29 is 19.8 Å². The molecule has 0 unspecified atom stereocenters. The molecule has 5 heteroatoms. The van der Waals surface area contributed by atoms with Crippen LogP contribution in [0.5, 0.6) is 5.75 Å². The molecule has 108 valence electrons. The second-order valence-electron chi connectivity index (χ2n) is 4.67. The maximum atomic E-state index is 12.5. The molecule has 2 aromatic carbocycles. The van der Waals surface area contributed by atoms with Crippen LogP contribution in [0.15, 0.2) is 48.5 Å². The quantitative estimate of drug-likeness (QED) is 0.904. The minimum absolute atomic E-state index is 0.0478. The van der Waals surface area contributed by atoms with Gasteiger partial charge in [-0.25, -0.2) is 0 Å². The topological polar surface area (TPSA) is 77.8 Å². The SMILES string of the molecule is Cc1ccc(N(CC(=O)O)C(=O)c2ccc(O)cc2)cc1. The van der Waals surface area contributed by atoms with E-state index in [2.05, 4.69) is 0 Å². The van der Waals surface area contributed by atoms with Gasteiger partial charge in [0.05, 0.1) is 0 Å². The van der Waals surface area contributed by atoms with E-state index in [0.29, 0.717) is 11.3 Å². The van der Waals surface area contributed by atoms with Crippen LogP contribution in [0.2, 0.25) is 0 Å². The summed E-state index contributed by atoms with van der Waals surface area (Å²) in [6.45, 7) is 1.48. The fourth-order valence-electron chi connectivity index (χ4n) is 1.90. The van der Waals surface area contributed by atoms with Crippen molar-refractivity contribution in [3.05, 3.63) is 59.7 Å². The molecule has 2 rings (SSSR count). The van der Waals surface area contributed by atoms with E-state index in [1.54, 1.807) is 12.1 Å². The number of rotatable bonds is 4. The monoisotopic (exact) mass is 285 g/mol. The van der Waals surface area contributed by atoms with Crippen molar-refractivity contribution in [3.8, 4) is 5.75 Å². The lowest BCUT2D eigenvalue weighted by atomic mass is 10.1. The van der Waals surface area contributed by atoms with E-state index in [1.165, 1.54) is 29.2 Å². The summed E-state index contributed by atoms with van der Waals surface area (Å²) in [4.78, 5) is 24.7. The highest BCUT2D eigenvalue weighted by Gasteiger charge is 2.20. The van der Waals surface area contributed by atoms with Gasteiger partial charge in [-0.3, -0.25) is 14.5 Å². The first-order valence-corrected chi connectivity index (χ1v) is 6.37. The van der Waals surface area contributed by atoms with Crippen LogP contribution in [-0.4, -0.2) is 28.6 Å². The van der Waals surface area contributed by atoms with Crippen LogP contribution in [0, 0.1) is 6.92 Å². The largest absolute Gasteiger partial charge is 0.508 e. The Kier molecular flexibility index (Phi) is 4.23. The highest BCUT2D eigenvalue weighted by Crippen LogP contribution is 2.19. The van der Waals surface area contributed by atoms with Gasteiger partial charge in [0.2, 0.25) is 0 Å². The Morgan fingerprint density at radius 3 is 2.10 bits per heavy atom. The molecule has 2 aromatic rings. The average Bonchev–Trinajstić information content (AvgIpc) is 2.46. The zero-order valence-corrected chi connectivity index (χ0v) is 11.5. The average molecular weight is 285 g/mol. The van der Waals surface area contributed by atoms with Crippen LogP contribution in [0.3, 0.4) is 0 Å². The van der Waals surface area contributed by atoms with Gasteiger partial charge in [0, 0.05) is 11.3 Å². The standard InChI is InChI=1S/C16H15NO4/c1-11-2-6-13(7-3-11)17(10-15(19)20)16(21)12-4-8-14(18)9-5-12/h2-9,18H,10H2,1H3,(H,19,20). The Hall–Kier alpha value is -2.82. The third-order valence-corrected chi connectivity index (χ3v) is 3.00. The minimum atomic E-state index is -1.09. The Bertz CT molecular complexity index is 647. The van der Waals surface area contributed by atoms with Crippen LogP contribution in [-0.2, 0) is 4.79 Å². The molecular formula is C16H15NO4. The van der Waals surface area contributed by atoms with E-state index in [-0.39, 0.29) is 5.75 Å². The number of carboxylic acid groups (broad SMARTS) is 1. The molecule has 0 bridgehead atoms. The zero-order chi connectivity index (χ0) is 15.4. The van der Waals surface area contributed by atoms with Crippen molar-refractivity contribution in [1.82, 2.24) is 0 Å². The van der Waals surface area contributed by atoms with Gasteiger partial charge < -0.3 is 10.2 Å². The molecule has 0 radical (unpaired) electrons. The first-order chi connectivity index (χ1) is 9.97. The van der Waals surface area contributed by atoms with Gasteiger partial charge in [-0.1, -0.05) is 17.7 Å². The summed E-state index contributed by atoms with van der Waals surface area (Å²) in [7, 11) is 0. The molecule has 5 nitrogen and oxygen atoms in total. The Labute approximate surface area is 122 Å². The molecule has 0 heterocycles. The molecule has 0 saturated carbocycles. The molecule has 21 heavy (non-hydrogen) atoms. The number of benzene rings is 2. The molecule has 0 spiro atoms. The number of hydrogen-bond acceptors (Lipinski definition) is 3. The summed E-state index contributed by atoms with van der Waals surface area (Å²) in [6.07, 6.45) is 0. The summed E-state index contributed by atoms with van der Waals surface area (Å²) in [5, 5.41) is 18.3. The first kappa shape index (κ1) is 14.6. The molecule has 0 aliphatic carbocycles. The number of aromatic hydroxyl groups is 1. The molecule has 0 saturated heterocycles. The lowest BCUT2D eigenvalue weighted by Gasteiger charge is -2.21. The Morgan fingerprint density at radius 1 is 1.00 bits per heavy atom. The number of phenols is 1. The number of nitrogens with zero attached hydrogens (tertiary/aromatic N) is 1. The van der Waals surface area contributed by atoms with Gasteiger partial charge in [0.15, 0.2) is 0 Å². The number of amides is 1. The second kappa shape index (κ2) is 6.09. The van der Waals surface area contributed by atoms with Crippen LogP contribution in [0.25, 0.3) is 0 Å². The van der Waals surface area contributed by atoms with Crippen molar-refractivity contribution in [2.75, 3.05) is 11.4 Å². The van der Waals surface area contributed by atoms with E-state index in [1.807, 2.05) is 19.1 Å². The highest BCUT2D eigenvalue weighted by molar-refractivity contribution is 6.08. The molecule has 0 aliphatic heterocycles. The maximum absolute atomic E-state index is 12.5. The predicted molar refractivity (Wildman–Crippen MR) is 78.6 cm³/mol. The number of carbonyl (C=O) groups excluding carboxylic acids is 1. The molecule has 0 fully saturated rings. The molecule has 0 aliphatic rings. The smallest absolute Gasteiger partial charge is 0.323 e. The van der Waals surface area contributed by atoms with E-state index >= 15 is 0 Å². The van der Waals surface area contributed by atoms with Gasteiger partial charge in [-0.15, -0.1) is 0 Å². The van der Waals surface area contributed by atoms with E-state index < -0.39 is 18.4 Å². The van der Waals surface area contributed by atoms with Crippen molar-refractivity contribution in [1.29, 1.82) is 0 Å². The third kappa shape index (κ3) is 3.60. The number of aliphatic carboxylic acids is 1. The normalized spacial score (nSPS) is 10.1. The maximum Gasteiger partial charge on any atom is 0.323 e. The fourth-order valence-corrected chi connectivity index (χ4v) is 1.90. The van der Waals surface area contributed by atoms with Crippen LogP contribution < -0.4 is 4.90 Å². The predicted octanol–water partition coefficient (Wildman–Crippen LogP) is 2.43. The van der Waals surface area contributed by atoms with Crippen LogP contribution in [0.1, 0.15) is 15.9 Å². The van der Waals surface area contributed by atoms with E-state index in [4.69, 9.17) is 5.11 Å². The molecular weight excluding hydrogens is 270 g/mol. The molecule has 2 N–H and O–H groups in total. The lowest BCUT2D eigenvalue weighted by Crippen LogP contribution is -2.35. The van der Waals surface area contributed by atoms with E-state index in [9.17, 15) is 14.7 Å². The van der Waals surface area contributed by atoms with Gasteiger partial charge >= 0.3 is 5.97 Å². The second-order valence-corrected chi connectivity index (χ2v) is 4.67. The van der Waals surface area contributed by atoms with E-state index in [0.717, 1.165) is 5.56 Å². The van der Waals surface area contributed by atoms with Crippen LogP contribution in [0.4, 0.5) is 5.69 Å². The highest BCUT2D eigenvalue weighted by atomic mass is 16.4. The number of anilines is 1. The number of carbonyl (C=O) groups is 2. The Morgan fingerprint density at radius 2 is 1.57 bits per heavy atom. The molecule has 1 amide bonds. The van der Waals surface area contributed by atoms with Crippen molar-refractivity contribution in [2.45, 2.75) is 6.92 Å². The van der Waals surface area contributed by atoms with Gasteiger partial charge in [-0.2, -0.15) is 0 Å². The fraction of sp³-hybridized carbons (Fsp3) is 0.125. The molecule has 0 aromatic heterocycles. The van der Waals surface area contributed by atoms with Crippen molar-refractivity contribution in [3.63, 3.8) is 0 Å². The molecule has 0 atom stereocenters. The minimum Gasteiger partial charge on any atom is -0.508 e. The van der Waals surface area contributed by atoms with Crippen LogP contribution >= 0.6 is 0 Å². The van der Waals surface area contributed by atoms with Gasteiger partial charge in [-0.05, 0) is 43.3 Å². The summed E-state index contributed by atoms with van der Waals surface area (Å²) in [6, 6.07) is 12.7. The zero-order valence-electron chi connectivity index (χ0n) is 11.5. The van der Waals surface area contributed by atoms with Gasteiger partial charge in [0.1, 0.15) is 12.3 Å². The third-order valence-electron chi connectivity index (χ3n) is 3.00. The van der Waals surface area contributed by atoms with Crippen molar-refractivity contribution >= 4 is 17.6 Å².